The molecule has 0 bridgehead atoms. The Bertz CT molecular complexity index is 1040. The van der Waals surface area contributed by atoms with Gasteiger partial charge < -0.3 is 14.8 Å². The lowest BCUT2D eigenvalue weighted by molar-refractivity contribution is -0.144. The van der Waals surface area contributed by atoms with Crippen molar-refractivity contribution in [1.82, 2.24) is 19.4 Å². The fourth-order valence-corrected chi connectivity index (χ4v) is 4.18. The zero-order valence-electron chi connectivity index (χ0n) is 16.5. The van der Waals surface area contributed by atoms with Gasteiger partial charge >= 0.3 is 11.9 Å². The second-order valence-corrected chi connectivity index (χ2v) is 7.53. The van der Waals surface area contributed by atoms with Crippen LogP contribution in [0.15, 0.2) is 55.0 Å². The van der Waals surface area contributed by atoms with Gasteiger partial charge in [-0.25, -0.2) is 0 Å². The number of para-hydroxylation sites is 1. The summed E-state index contributed by atoms with van der Waals surface area (Å²) in [5.41, 5.74) is 2.56. The van der Waals surface area contributed by atoms with E-state index >= 15 is 0 Å². The molecule has 0 spiro atoms. The van der Waals surface area contributed by atoms with E-state index in [2.05, 4.69) is 9.88 Å². The predicted molar refractivity (Wildman–Crippen MR) is 111 cm³/mol. The predicted octanol–water partition coefficient (Wildman–Crippen LogP) is 2.06. The Morgan fingerprint density at radius 2 is 1.70 bits per heavy atom. The summed E-state index contributed by atoms with van der Waals surface area (Å²) in [4.78, 5) is 31.8. The molecule has 30 heavy (non-hydrogen) atoms. The number of benzene rings is 1. The number of hydrogen-bond donors (Lipinski definition) is 2. The smallest absolute Gasteiger partial charge is 0.325 e. The molecule has 8 heteroatoms. The highest BCUT2D eigenvalue weighted by atomic mass is 16.4. The van der Waals surface area contributed by atoms with E-state index in [4.69, 9.17) is 0 Å². The van der Waals surface area contributed by atoms with Gasteiger partial charge in [-0.05, 0) is 23.8 Å². The van der Waals surface area contributed by atoms with Crippen LogP contribution in [0.1, 0.15) is 17.2 Å². The van der Waals surface area contributed by atoms with Crippen molar-refractivity contribution in [1.29, 1.82) is 0 Å². The van der Waals surface area contributed by atoms with E-state index in [0.29, 0.717) is 18.7 Å². The standard InChI is InChI=1S/C22H24N4O4/c27-20(28)15-26-14-18(17-3-1-2-4-19(17)26)21(22(29)30)25-11-9-24(10-12-25)13-16-5-7-23-8-6-16/h1-8,14,21H,9-13,15H2,(H,27,28)(H,29,30)/t21-/m1/s1. The number of hydrogen-bond acceptors (Lipinski definition) is 5. The topological polar surface area (TPSA) is 98.9 Å². The van der Waals surface area contributed by atoms with E-state index in [1.165, 1.54) is 5.56 Å². The Labute approximate surface area is 174 Å². The maximum absolute atomic E-state index is 12.3. The van der Waals surface area contributed by atoms with Gasteiger partial charge in [-0.1, -0.05) is 18.2 Å². The fourth-order valence-electron chi connectivity index (χ4n) is 4.18. The number of pyridine rings is 1. The number of fused-ring (bicyclic) bond motifs is 1. The molecule has 8 nitrogen and oxygen atoms in total. The van der Waals surface area contributed by atoms with E-state index in [1.807, 2.05) is 41.3 Å². The molecule has 2 N–H and O–H groups in total. The van der Waals surface area contributed by atoms with E-state index in [-0.39, 0.29) is 6.54 Å². The van der Waals surface area contributed by atoms with Crippen molar-refractivity contribution in [2.24, 2.45) is 0 Å². The fraction of sp³-hybridized carbons (Fsp3) is 0.318. The Balaban J connectivity index is 1.55. The maximum atomic E-state index is 12.3. The van der Waals surface area contributed by atoms with Gasteiger partial charge in [-0.3, -0.25) is 24.4 Å². The second-order valence-electron chi connectivity index (χ2n) is 7.53. The lowest BCUT2D eigenvalue weighted by Gasteiger charge is -2.37. The summed E-state index contributed by atoms with van der Waals surface area (Å²) in [5, 5.41) is 20.1. The molecule has 1 aromatic carbocycles. The van der Waals surface area contributed by atoms with Gasteiger partial charge in [-0.2, -0.15) is 0 Å². The molecule has 1 aliphatic heterocycles. The molecule has 0 radical (unpaired) electrons. The van der Waals surface area contributed by atoms with E-state index in [9.17, 15) is 19.8 Å². The van der Waals surface area contributed by atoms with Crippen LogP contribution in [0, 0.1) is 0 Å². The van der Waals surface area contributed by atoms with Crippen molar-refractivity contribution in [2.75, 3.05) is 26.2 Å². The highest BCUT2D eigenvalue weighted by Gasteiger charge is 2.32. The molecule has 0 amide bonds. The van der Waals surface area contributed by atoms with Crippen LogP contribution in [0.3, 0.4) is 0 Å². The zero-order valence-corrected chi connectivity index (χ0v) is 16.5. The molecule has 0 unspecified atom stereocenters. The van der Waals surface area contributed by atoms with Crippen molar-refractivity contribution in [3.8, 4) is 0 Å². The molecule has 1 aliphatic rings. The maximum Gasteiger partial charge on any atom is 0.325 e. The summed E-state index contributed by atoms with van der Waals surface area (Å²) in [6, 6.07) is 10.5. The Morgan fingerprint density at radius 1 is 1.00 bits per heavy atom. The molecular weight excluding hydrogens is 384 g/mol. The molecule has 1 atom stereocenters. The summed E-state index contributed by atoms with van der Waals surface area (Å²) >= 11 is 0. The number of aromatic nitrogens is 2. The molecule has 1 fully saturated rings. The van der Waals surface area contributed by atoms with Crippen LogP contribution in [0.4, 0.5) is 0 Å². The SMILES string of the molecule is O=C(O)Cn1cc([C@H](C(=O)O)N2CCN(Cc3ccncc3)CC2)c2ccccc21. The highest BCUT2D eigenvalue weighted by Crippen LogP contribution is 2.31. The summed E-state index contributed by atoms with van der Waals surface area (Å²) < 4.78 is 1.61. The summed E-state index contributed by atoms with van der Waals surface area (Å²) in [6.07, 6.45) is 5.23. The van der Waals surface area contributed by atoms with Gasteiger partial charge in [-0.15, -0.1) is 0 Å². The lowest BCUT2D eigenvalue weighted by atomic mass is 10.0. The molecule has 4 rings (SSSR count). The van der Waals surface area contributed by atoms with Crippen LogP contribution in [-0.4, -0.2) is 67.7 Å². The second kappa shape index (κ2) is 8.64. The Morgan fingerprint density at radius 3 is 2.37 bits per heavy atom. The van der Waals surface area contributed by atoms with Crippen LogP contribution < -0.4 is 0 Å². The van der Waals surface area contributed by atoms with Crippen LogP contribution in [0.5, 0.6) is 0 Å². The van der Waals surface area contributed by atoms with E-state index in [1.54, 1.807) is 23.2 Å². The molecule has 3 heterocycles. The van der Waals surface area contributed by atoms with Crippen LogP contribution in [0.25, 0.3) is 10.9 Å². The third-order valence-electron chi connectivity index (χ3n) is 5.58. The van der Waals surface area contributed by atoms with E-state index in [0.717, 1.165) is 30.5 Å². The first kappa shape index (κ1) is 20.1. The third-order valence-corrected chi connectivity index (χ3v) is 5.58. The van der Waals surface area contributed by atoms with Crippen molar-refractivity contribution in [2.45, 2.75) is 19.1 Å². The third kappa shape index (κ3) is 4.19. The van der Waals surface area contributed by atoms with Gasteiger partial charge in [0.2, 0.25) is 0 Å². The number of carboxylic acid groups (broad SMARTS) is 2. The van der Waals surface area contributed by atoms with Crippen molar-refractivity contribution < 1.29 is 19.8 Å². The van der Waals surface area contributed by atoms with Crippen LogP contribution in [0.2, 0.25) is 0 Å². The first-order valence-corrected chi connectivity index (χ1v) is 9.90. The van der Waals surface area contributed by atoms with Gasteiger partial charge in [0.1, 0.15) is 12.6 Å². The largest absolute Gasteiger partial charge is 0.480 e. The average molecular weight is 408 g/mol. The summed E-state index contributed by atoms with van der Waals surface area (Å²) in [7, 11) is 0. The van der Waals surface area contributed by atoms with E-state index < -0.39 is 18.0 Å². The molecule has 156 valence electrons. The normalized spacial score (nSPS) is 16.5. The Kier molecular flexibility index (Phi) is 5.78. The number of carboxylic acids is 2. The van der Waals surface area contributed by atoms with Gasteiger partial charge in [0.15, 0.2) is 0 Å². The number of piperazine rings is 1. The Hall–Kier alpha value is -3.23. The number of rotatable bonds is 7. The molecular formula is C22H24N4O4. The van der Waals surface area contributed by atoms with Gasteiger partial charge in [0.25, 0.3) is 0 Å². The number of carbonyl (C=O) groups is 2. The first-order valence-electron chi connectivity index (χ1n) is 9.90. The number of nitrogens with zero attached hydrogens (tertiary/aromatic N) is 4. The van der Waals surface area contributed by atoms with Crippen molar-refractivity contribution in [3.05, 3.63) is 66.1 Å². The first-order chi connectivity index (χ1) is 14.5. The van der Waals surface area contributed by atoms with Gasteiger partial charge in [0.05, 0.1) is 0 Å². The minimum Gasteiger partial charge on any atom is -0.480 e. The minimum atomic E-state index is -0.959. The zero-order chi connectivity index (χ0) is 21.1. The summed E-state index contributed by atoms with van der Waals surface area (Å²) in [5.74, 6) is -1.88. The van der Waals surface area contributed by atoms with Crippen molar-refractivity contribution >= 4 is 22.8 Å². The quantitative estimate of drug-likeness (QED) is 0.617. The highest BCUT2D eigenvalue weighted by molar-refractivity contribution is 5.90. The molecule has 2 aromatic heterocycles. The molecule has 1 saturated heterocycles. The molecule has 3 aromatic rings. The minimum absolute atomic E-state index is 0.202. The molecule has 0 saturated carbocycles. The van der Waals surface area contributed by atoms with Crippen LogP contribution in [-0.2, 0) is 22.7 Å². The van der Waals surface area contributed by atoms with Gasteiger partial charge in [0, 0.05) is 67.8 Å². The van der Waals surface area contributed by atoms with Crippen LogP contribution >= 0.6 is 0 Å². The average Bonchev–Trinajstić information content (AvgIpc) is 3.08. The summed E-state index contributed by atoms with van der Waals surface area (Å²) in [6.45, 7) is 3.39. The lowest BCUT2D eigenvalue weighted by Crippen LogP contribution is -2.48. The van der Waals surface area contributed by atoms with Crippen molar-refractivity contribution in [3.63, 3.8) is 0 Å². The molecule has 0 aliphatic carbocycles. The monoisotopic (exact) mass is 408 g/mol. The number of aliphatic carboxylic acids is 2.